The molecule has 1 N–H and O–H groups in total. The third-order valence-corrected chi connectivity index (χ3v) is 5.68. The Bertz CT molecular complexity index is 1250. The van der Waals surface area contributed by atoms with Crippen LogP contribution in [0.4, 0.5) is 5.13 Å². The maximum Gasteiger partial charge on any atom is 0.264 e. The molecule has 0 atom stereocenters. The summed E-state index contributed by atoms with van der Waals surface area (Å²) in [6.07, 6.45) is 3.03. The minimum atomic E-state index is -0.244. The topological polar surface area (TPSA) is 108 Å². The van der Waals surface area contributed by atoms with E-state index in [1.54, 1.807) is 7.05 Å². The number of aryl methyl sites for hydroxylation is 2. The number of nitrogens with one attached hydrogen (secondary N) is 1. The lowest BCUT2D eigenvalue weighted by molar-refractivity contribution is -0.116. The van der Waals surface area contributed by atoms with Gasteiger partial charge in [0, 0.05) is 25.6 Å². The van der Waals surface area contributed by atoms with Gasteiger partial charge >= 0.3 is 0 Å². The van der Waals surface area contributed by atoms with E-state index >= 15 is 0 Å². The summed E-state index contributed by atoms with van der Waals surface area (Å²) in [7, 11) is 1.72. The molecule has 1 aromatic carbocycles. The van der Waals surface area contributed by atoms with Crippen LogP contribution in [0.1, 0.15) is 31.7 Å². The van der Waals surface area contributed by atoms with Crippen LogP contribution in [0.15, 0.2) is 41.6 Å². The molecule has 3 aromatic heterocycles. The third kappa shape index (κ3) is 3.99. The average Bonchev–Trinajstić information content (AvgIpc) is 3.35. The van der Waals surface area contributed by atoms with Crippen molar-refractivity contribution < 1.29 is 4.79 Å². The number of rotatable bonds is 6. The van der Waals surface area contributed by atoms with Gasteiger partial charge in [0.2, 0.25) is 11.0 Å². The minimum Gasteiger partial charge on any atom is -0.300 e. The first kappa shape index (κ1) is 19.9. The summed E-state index contributed by atoms with van der Waals surface area (Å²) in [6, 6.07) is 8.17. The Hall–Kier alpha value is -3.40. The van der Waals surface area contributed by atoms with Crippen LogP contribution in [0.2, 0.25) is 0 Å². The Labute approximate surface area is 176 Å². The fraction of sp³-hybridized carbons (Fsp3) is 0.300. The van der Waals surface area contributed by atoms with Crippen LogP contribution in [0.5, 0.6) is 0 Å². The van der Waals surface area contributed by atoms with Crippen LogP contribution in [0, 0.1) is 0 Å². The summed E-state index contributed by atoms with van der Waals surface area (Å²) in [5, 5.41) is 16.6. The molecule has 4 rings (SSSR count). The summed E-state index contributed by atoms with van der Waals surface area (Å²) in [6.45, 7) is 4.50. The Morgan fingerprint density at radius 2 is 1.97 bits per heavy atom. The van der Waals surface area contributed by atoms with Gasteiger partial charge in [0.1, 0.15) is 10.4 Å². The molecule has 0 saturated heterocycles. The highest BCUT2D eigenvalue weighted by Gasteiger charge is 2.12. The van der Waals surface area contributed by atoms with E-state index in [1.165, 1.54) is 38.7 Å². The van der Waals surface area contributed by atoms with Crippen LogP contribution in [-0.4, -0.2) is 35.4 Å². The first-order valence-corrected chi connectivity index (χ1v) is 10.3. The number of hydrogen-bond donors (Lipinski definition) is 1. The standard InChI is InChI=1S/C20H21N7O2S/c1-12(2)13-4-6-14(7-5-13)18-24-25-20(30-18)23-16(28)8-9-27-11-21-17-15(19(27)29)10-22-26(17)3/h4-7,10-12H,8-9H2,1-3H3,(H,23,25,28). The number of hydrogen-bond acceptors (Lipinski definition) is 7. The lowest BCUT2D eigenvalue weighted by Crippen LogP contribution is -2.23. The Balaban J connectivity index is 1.39. The number of amides is 1. The molecule has 9 nitrogen and oxygen atoms in total. The van der Waals surface area contributed by atoms with Gasteiger partial charge in [-0.2, -0.15) is 5.10 Å². The number of aromatic nitrogens is 6. The second kappa shape index (κ2) is 8.15. The maximum atomic E-state index is 12.5. The minimum absolute atomic E-state index is 0.116. The van der Waals surface area contributed by atoms with Crippen molar-refractivity contribution in [3.05, 3.63) is 52.7 Å². The predicted molar refractivity (Wildman–Crippen MR) is 115 cm³/mol. The van der Waals surface area contributed by atoms with Gasteiger partial charge in [0.15, 0.2) is 5.65 Å². The van der Waals surface area contributed by atoms with E-state index < -0.39 is 0 Å². The SMILES string of the molecule is CC(C)c1ccc(-c2nnc(NC(=O)CCn3cnc4c(cnn4C)c3=O)s2)cc1. The van der Waals surface area contributed by atoms with E-state index in [0.717, 1.165) is 10.6 Å². The summed E-state index contributed by atoms with van der Waals surface area (Å²) < 4.78 is 2.95. The van der Waals surface area contributed by atoms with Crippen molar-refractivity contribution in [2.24, 2.45) is 7.05 Å². The summed E-state index contributed by atoms with van der Waals surface area (Å²) in [5.41, 5.74) is 2.51. The molecule has 154 valence electrons. The Kier molecular flexibility index (Phi) is 5.40. The molecule has 0 aliphatic rings. The Morgan fingerprint density at radius 1 is 1.20 bits per heavy atom. The molecule has 3 heterocycles. The molecule has 0 aliphatic carbocycles. The summed E-state index contributed by atoms with van der Waals surface area (Å²) in [4.78, 5) is 29.0. The molecule has 0 bridgehead atoms. The molecule has 30 heavy (non-hydrogen) atoms. The monoisotopic (exact) mass is 423 g/mol. The van der Waals surface area contributed by atoms with Gasteiger partial charge in [-0.1, -0.05) is 49.4 Å². The highest BCUT2D eigenvalue weighted by atomic mass is 32.1. The fourth-order valence-electron chi connectivity index (χ4n) is 3.03. The molecule has 1 amide bonds. The van der Waals surface area contributed by atoms with Gasteiger partial charge in [-0.15, -0.1) is 10.2 Å². The molecular formula is C20H21N7O2S. The molecular weight excluding hydrogens is 402 g/mol. The molecule has 0 unspecified atom stereocenters. The zero-order valence-corrected chi connectivity index (χ0v) is 17.7. The van der Waals surface area contributed by atoms with Crippen molar-refractivity contribution in [1.82, 2.24) is 29.5 Å². The third-order valence-electron chi connectivity index (χ3n) is 4.79. The molecule has 0 saturated carbocycles. The second-order valence-electron chi connectivity index (χ2n) is 7.24. The van der Waals surface area contributed by atoms with E-state index in [4.69, 9.17) is 0 Å². The number of benzene rings is 1. The van der Waals surface area contributed by atoms with Crippen molar-refractivity contribution in [3.8, 4) is 10.6 Å². The van der Waals surface area contributed by atoms with Crippen LogP contribution < -0.4 is 10.9 Å². The van der Waals surface area contributed by atoms with E-state index in [1.807, 2.05) is 12.1 Å². The fourth-order valence-corrected chi connectivity index (χ4v) is 3.80. The highest BCUT2D eigenvalue weighted by molar-refractivity contribution is 7.18. The molecule has 0 radical (unpaired) electrons. The van der Waals surface area contributed by atoms with E-state index in [-0.39, 0.29) is 24.4 Å². The van der Waals surface area contributed by atoms with E-state index in [9.17, 15) is 9.59 Å². The molecule has 0 aliphatic heterocycles. The molecule has 4 aromatic rings. The number of carbonyl (C=O) groups is 1. The number of anilines is 1. The first-order valence-electron chi connectivity index (χ1n) is 9.53. The summed E-state index contributed by atoms with van der Waals surface area (Å²) >= 11 is 1.31. The lowest BCUT2D eigenvalue weighted by atomic mass is 10.0. The summed E-state index contributed by atoms with van der Waals surface area (Å²) in [5.74, 6) is 0.218. The second-order valence-corrected chi connectivity index (χ2v) is 8.21. The lowest BCUT2D eigenvalue weighted by Gasteiger charge is -2.05. The number of nitrogens with zero attached hydrogens (tertiary/aromatic N) is 6. The van der Waals surface area contributed by atoms with Crippen LogP contribution >= 0.6 is 11.3 Å². The van der Waals surface area contributed by atoms with Crippen LogP contribution in [-0.2, 0) is 18.4 Å². The zero-order valence-electron chi connectivity index (χ0n) is 16.9. The normalized spacial score (nSPS) is 11.3. The van der Waals surface area contributed by atoms with Crippen LogP contribution in [0.25, 0.3) is 21.6 Å². The number of carbonyl (C=O) groups excluding carboxylic acids is 1. The van der Waals surface area contributed by atoms with Gasteiger partial charge in [-0.05, 0) is 11.5 Å². The van der Waals surface area contributed by atoms with Gasteiger partial charge in [-0.25, -0.2) is 4.98 Å². The average molecular weight is 424 g/mol. The van der Waals surface area contributed by atoms with Crippen molar-refractivity contribution in [1.29, 1.82) is 0 Å². The Morgan fingerprint density at radius 3 is 2.70 bits per heavy atom. The maximum absolute atomic E-state index is 12.5. The van der Waals surface area contributed by atoms with Crippen molar-refractivity contribution in [2.75, 3.05) is 5.32 Å². The first-order chi connectivity index (χ1) is 14.4. The van der Waals surface area contributed by atoms with Gasteiger partial charge < -0.3 is 5.32 Å². The largest absolute Gasteiger partial charge is 0.300 e. The molecule has 0 spiro atoms. The zero-order chi connectivity index (χ0) is 21.3. The molecule has 0 fully saturated rings. The van der Waals surface area contributed by atoms with Crippen molar-refractivity contribution in [3.63, 3.8) is 0 Å². The quantitative estimate of drug-likeness (QED) is 0.511. The van der Waals surface area contributed by atoms with E-state index in [2.05, 4.69) is 51.6 Å². The predicted octanol–water partition coefficient (Wildman–Crippen LogP) is 2.80. The van der Waals surface area contributed by atoms with Gasteiger partial charge in [0.25, 0.3) is 5.56 Å². The van der Waals surface area contributed by atoms with Gasteiger partial charge in [-0.3, -0.25) is 18.8 Å². The van der Waals surface area contributed by atoms with Crippen LogP contribution in [0.3, 0.4) is 0 Å². The number of fused-ring (bicyclic) bond motifs is 1. The van der Waals surface area contributed by atoms with E-state index in [0.29, 0.717) is 22.1 Å². The van der Waals surface area contributed by atoms with Crippen molar-refractivity contribution >= 4 is 33.4 Å². The molecule has 10 heteroatoms. The highest BCUT2D eigenvalue weighted by Crippen LogP contribution is 2.27. The van der Waals surface area contributed by atoms with Crippen molar-refractivity contribution in [2.45, 2.75) is 32.7 Å². The van der Waals surface area contributed by atoms with Gasteiger partial charge in [0.05, 0.1) is 12.5 Å². The smallest absolute Gasteiger partial charge is 0.264 e.